The van der Waals surface area contributed by atoms with Crippen LogP contribution in [-0.4, -0.2) is 30.2 Å². The fraction of sp³-hybridized carbons (Fsp3) is 0.278. The van der Waals surface area contributed by atoms with Crippen LogP contribution in [0.4, 0.5) is 17.1 Å². The number of carbonyl (C=O) groups excluding carboxylic acids is 1. The number of para-hydroxylation sites is 1. The number of nitrogens with zero attached hydrogens (tertiary/aromatic N) is 2. The van der Waals surface area contributed by atoms with Gasteiger partial charge in [-0.25, -0.2) is 0 Å². The molecule has 6 nitrogen and oxygen atoms in total. The van der Waals surface area contributed by atoms with Crippen molar-refractivity contribution in [3.05, 3.63) is 58.1 Å². The summed E-state index contributed by atoms with van der Waals surface area (Å²) in [6.45, 7) is 1.63. The summed E-state index contributed by atoms with van der Waals surface area (Å²) in [6.07, 6.45) is 4.00. The zero-order valence-corrected chi connectivity index (χ0v) is 14.7. The minimum absolute atomic E-state index is 0.0206. The molecule has 1 saturated heterocycles. The molecular formula is C18H19N3O3S. The zero-order chi connectivity index (χ0) is 17.8. The number of hydrogen-bond donors (Lipinski definition) is 1. The maximum atomic E-state index is 12.5. The molecule has 1 aliphatic heterocycles. The lowest BCUT2D eigenvalue weighted by Gasteiger charge is -2.18. The Morgan fingerprint density at radius 1 is 1.20 bits per heavy atom. The summed E-state index contributed by atoms with van der Waals surface area (Å²) in [5, 5.41) is 14.3. The van der Waals surface area contributed by atoms with Gasteiger partial charge in [-0.05, 0) is 43.4 Å². The Morgan fingerprint density at radius 3 is 2.60 bits per heavy atom. The molecule has 2 aromatic rings. The van der Waals surface area contributed by atoms with E-state index in [-0.39, 0.29) is 17.2 Å². The van der Waals surface area contributed by atoms with Gasteiger partial charge < -0.3 is 10.2 Å². The van der Waals surface area contributed by atoms with E-state index in [9.17, 15) is 14.9 Å². The van der Waals surface area contributed by atoms with Crippen LogP contribution < -0.4 is 10.2 Å². The predicted molar refractivity (Wildman–Crippen MR) is 101 cm³/mol. The van der Waals surface area contributed by atoms with E-state index in [4.69, 9.17) is 0 Å². The van der Waals surface area contributed by atoms with Crippen LogP contribution >= 0.6 is 11.8 Å². The van der Waals surface area contributed by atoms with E-state index in [0.29, 0.717) is 11.4 Å². The van der Waals surface area contributed by atoms with E-state index >= 15 is 0 Å². The number of nitro groups is 1. The van der Waals surface area contributed by atoms with Crippen molar-refractivity contribution in [3.63, 3.8) is 0 Å². The van der Waals surface area contributed by atoms with Crippen molar-refractivity contribution in [3.8, 4) is 0 Å². The Hall–Kier alpha value is -2.54. The van der Waals surface area contributed by atoms with E-state index in [1.165, 1.54) is 17.8 Å². The van der Waals surface area contributed by atoms with Crippen molar-refractivity contribution >= 4 is 34.7 Å². The van der Waals surface area contributed by atoms with Gasteiger partial charge in [0.2, 0.25) is 0 Å². The molecule has 1 aliphatic rings. The van der Waals surface area contributed by atoms with Gasteiger partial charge in [0, 0.05) is 29.6 Å². The number of thioether (sulfide) groups is 1. The molecule has 0 spiro atoms. The summed E-state index contributed by atoms with van der Waals surface area (Å²) >= 11 is 1.53. The average molecular weight is 357 g/mol. The van der Waals surface area contributed by atoms with Gasteiger partial charge in [-0.3, -0.25) is 14.9 Å². The normalized spacial score (nSPS) is 13.7. The lowest BCUT2D eigenvalue weighted by Crippen LogP contribution is -2.20. The fourth-order valence-electron chi connectivity index (χ4n) is 2.98. The summed E-state index contributed by atoms with van der Waals surface area (Å²) < 4.78 is 0. The van der Waals surface area contributed by atoms with Crippen LogP contribution in [0.1, 0.15) is 23.2 Å². The van der Waals surface area contributed by atoms with E-state index in [2.05, 4.69) is 5.32 Å². The third-order valence-corrected chi connectivity index (χ3v) is 5.03. The quantitative estimate of drug-likeness (QED) is 0.494. The first kappa shape index (κ1) is 17.3. The van der Waals surface area contributed by atoms with Gasteiger partial charge in [0.25, 0.3) is 11.6 Å². The molecule has 0 aliphatic carbocycles. The van der Waals surface area contributed by atoms with Crippen molar-refractivity contribution in [1.82, 2.24) is 0 Å². The average Bonchev–Trinajstić information content (AvgIpc) is 3.16. The number of rotatable bonds is 5. The molecule has 1 N–H and O–H groups in total. The van der Waals surface area contributed by atoms with Gasteiger partial charge in [-0.1, -0.05) is 12.1 Å². The molecule has 0 atom stereocenters. The molecule has 2 aromatic carbocycles. The SMILES string of the molecule is CSc1ccccc1NC(=O)c1ccc(N2CCCC2)c([N+](=O)[O-])c1. The second kappa shape index (κ2) is 7.57. The highest BCUT2D eigenvalue weighted by atomic mass is 32.2. The van der Waals surface area contributed by atoms with Gasteiger partial charge in [-0.15, -0.1) is 11.8 Å². The Labute approximate surface area is 150 Å². The van der Waals surface area contributed by atoms with Gasteiger partial charge in [0.05, 0.1) is 10.6 Å². The summed E-state index contributed by atoms with van der Waals surface area (Å²) in [7, 11) is 0. The van der Waals surface area contributed by atoms with Gasteiger partial charge in [-0.2, -0.15) is 0 Å². The van der Waals surface area contributed by atoms with Crippen molar-refractivity contribution < 1.29 is 9.72 Å². The van der Waals surface area contributed by atoms with Crippen LogP contribution in [0.25, 0.3) is 0 Å². The van der Waals surface area contributed by atoms with Gasteiger partial charge in [0.1, 0.15) is 5.69 Å². The topological polar surface area (TPSA) is 75.5 Å². The molecule has 0 unspecified atom stereocenters. The lowest BCUT2D eigenvalue weighted by atomic mass is 10.1. The maximum Gasteiger partial charge on any atom is 0.293 e. The summed E-state index contributed by atoms with van der Waals surface area (Å²) in [5.74, 6) is -0.349. The Bertz CT molecular complexity index is 804. The number of anilines is 2. The minimum Gasteiger partial charge on any atom is -0.366 e. The number of carbonyl (C=O) groups is 1. The molecule has 3 rings (SSSR count). The highest BCUT2D eigenvalue weighted by molar-refractivity contribution is 7.98. The van der Waals surface area contributed by atoms with E-state index < -0.39 is 4.92 Å². The van der Waals surface area contributed by atoms with E-state index in [0.717, 1.165) is 30.8 Å². The van der Waals surface area contributed by atoms with Crippen LogP contribution in [0.3, 0.4) is 0 Å². The third-order valence-electron chi connectivity index (χ3n) is 4.24. The highest BCUT2D eigenvalue weighted by Crippen LogP contribution is 2.32. The second-order valence-electron chi connectivity index (χ2n) is 5.81. The molecule has 7 heteroatoms. The van der Waals surface area contributed by atoms with Gasteiger partial charge >= 0.3 is 0 Å². The van der Waals surface area contributed by atoms with Crippen molar-refractivity contribution in [2.75, 3.05) is 29.6 Å². The summed E-state index contributed by atoms with van der Waals surface area (Å²) in [5.41, 5.74) is 1.55. The van der Waals surface area contributed by atoms with Gasteiger partial charge in [0.15, 0.2) is 0 Å². The highest BCUT2D eigenvalue weighted by Gasteiger charge is 2.24. The second-order valence-corrected chi connectivity index (χ2v) is 6.66. The smallest absolute Gasteiger partial charge is 0.293 e. The standard InChI is InChI=1S/C18H19N3O3S/c1-25-17-7-3-2-6-14(17)19-18(22)13-8-9-15(16(12-13)21(23)24)20-10-4-5-11-20/h2-3,6-9,12H,4-5,10-11H2,1H3,(H,19,22). The Balaban J connectivity index is 1.88. The van der Waals surface area contributed by atoms with E-state index in [1.807, 2.05) is 35.4 Å². The fourth-order valence-corrected chi connectivity index (χ4v) is 3.53. The molecule has 1 fully saturated rings. The first-order valence-electron chi connectivity index (χ1n) is 8.08. The molecule has 130 valence electrons. The van der Waals surface area contributed by atoms with Crippen LogP contribution in [0.2, 0.25) is 0 Å². The van der Waals surface area contributed by atoms with Crippen LogP contribution in [0, 0.1) is 10.1 Å². The molecule has 0 saturated carbocycles. The van der Waals surface area contributed by atoms with E-state index in [1.54, 1.807) is 12.1 Å². The largest absolute Gasteiger partial charge is 0.366 e. The van der Waals surface area contributed by atoms with Crippen LogP contribution in [-0.2, 0) is 0 Å². The first-order chi connectivity index (χ1) is 12.1. The molecule has 1 heterocycles. The number of nitrogens with one attached hydrogen (secondary N) is 1. The Kier molecular flexibility index (Phi) is 5.23. The predicted octanol–water partition coefficient (Wildman–Crippen LogP) is 4.17. The minimum atomic E-state index is -0.416. The first-order valence-corrected chi connectivity index (χ1v) is 9.30. The number of hydrogen-bond acceptors (Lipinski definition) is 5. The van der Waals surface area contributed by atoms with Crippen molar-refractivity contribution in [2.45, 2.75) is 17.7 Å². The molecule has 0 bridgehead atoms. The third kappa shape index (κ3) is 3.76. The molecule has 0 radical (unpaired) electrons. The maximum absolute atomic E-state index is 12.5. The lowest BCUT2D eigenvalue weighted by molar-refractivity contribution is -0.384. The number of benzene rings is 2. The Morgan fingerprint density at radius 2 is 1.92 bits per heavy atom. The summed E-state index contributed by atoms with van der Waals surface area (Å²) in [6, 6.07) is 12.2. The van der Waals surface area contributed by atoms with Crippen LogP contribution in [0.15, 0.2) is 47.4 Å². The van der Waals surface area contributed by atoms with Crippen LogP contribution in [0.5, 0.6) is 0 Å². The zero-order valence-electron chi connectivity index (χ0n) is 13.9. The summed E-state index contributed by atoms with van der Waals surface area (Å²) in [4.78, 5) is 26.5. The van der Waals surface area contributed by atoms with Crippen molar-refractivity contribution in [2.24, 2.45) is 0 Å². The van der Waals surface area contributed by atoms with Crippen molar-refractivity contribution in [1.29, 1.82) is 0 Å². The molecule has 1 amide bonds. The molecular weight excluding hydrogens is 338 g/mol. The monoisotopic (exact) mass is 357 g/mol. The molecule has 0 aromatic heterocycles. The number of amides is 1. The number of nitro benzene ring substituents is 1. The molecule has 25 heavy (non-hydrogen) atoms.